The summed E-state index contributed by atoms with van der Waals surface area (Å²) in [5.41, 5.74) is 1.59. The van der Waals surface area contributed by atoms with Gasteiger partial charge in [0.2, 0.25) is 0 Å². The van der Waals surface area contributed by atoms with Gasteiger partial charge in [-0.1, -0.05) is 60.7 Å². The van der Waals surface area contributed by atoms with E-state index in [1.165, 1.54) is 5.30 Å². The molecule has 2 heteroatoms. The second-order valence-electron chi connectivity index (χ2n) is 6.12. The average Bonchev–Trinajstić information content (AvgIpc) is 3.20. The van der Waals surface area contributed by atoms with E-state index >= 15 is 0 Å². The van der Waals surface area contributed by atoms with E-state index in [9.17, 15) is 0 Å². The van der Waals surface area contributed by atoms with Gasteiger partial charge >= 0.3 is 0 Å². The highest BCUT2D eigenvalue weighted by molar-refractivity contribution is 7.74. The molecular formula is C20H24NP. The molecule has 0 fully saturated rings. The molecule has 1 nitrogen and oxygen atoms in total. The maximum atomic E-state index is 2.38. The lowest BCUT2D eigenvalue weighted by atomic mass is 10.1. The van der Waals surface area contributed by atoms with E-state index in [0.29, 0.717) is 6.04 Å². The van der Waals surface area contributed by atoms with Gasteiger partial charge in [0.1, 0.15) is 0 Å². The Balaban J connectivity index is 2.05. The summed E-state index contributed by atoms with van der Waals surface area (Å²) < 4.78 is 0. The van der Waals surface area contributed by atoms with E-state index in [1.54, 1.807) is 16.2 Å². The Labute approximate surface area is 135 Å². The van der Waals surface area contributed by atoms with Crippen molar-refractivity contribution in [3.05, 3.63) is 76.9 Å². The quantitative estimate of drug-likeness (QED) is 0.706. The van der Waals surface area contributed by atoms with Gasteiger partial charge in [-0.2, -0.15) is 0 Å². The zero-order chi connectivity index (χ0) is 15.5. The first kappa shape index (κ1) is 15.5. The highest BCUT2D eigenvalue weighted by Crippen LogP contribution is 2.57. The summed E-state index contributed by atoms with van der Waals surface area (Å²) in [5.74, 6) is 0. The Kier molecular flexibility index (Phi) is 4.76. The van der Waals surface area contributed by atoms with E-state index in [0.717, 1.165) is 12.8 Å². The van der Waals surface area contributed by atoms with Crippen LogP contribution in [0.15, 0.2) is 76.9 Å². The van der Waals surface area contributed by atoms with E-state index in [1.807, 2.05) is 0 Å². The summed E-state index contributed by atoms with van der Waals surface area (Å²) in [4.78, 5) is 2.32. The number of hydrogen-bond donors (Lipinski definition) is 0. The summed E-state index contributed by atoms with van der Waals surface area (Å²) in [6.45, 7) is 2.32. The van der Waals surface area contributed by atoms with Crippen LogP contribution in [0, 0.1) is 0 Å². The van der Waals surface area contributed by atoms with Crippen LogP contribution in [0.2, 0.25) is 0 Å². The van der Waals surface area contributed by atoms with Gasteiger partial charge in [0, 0.05) is 6.04 Å². The SMILES string of the molecule is C[C@H](C1=C(P(C2=CC=CC2)c2ccccc2)C=CC1)N(C)C. The Hall–Kier alpha value is -1.43. The van der Waals surface area contributed by atoms with Gasteiger partial charge in [-0.15, -0.1) is 0 Å². The first-order valence-corrected chi connectivity index (χ1v) is 9.29. The largest absolute Gasteiger partial charge is 0.303 e. The molecule has 0 amide bonds. The molecular weight excluding hydrogens is 285 g/mol. The number of allylic oxidation sites excluding steroid dienone is 7. The maximum Gasteiger partial charge on any atom is 0.0285 e. The molecule has 2 aliphatic carbocycles. The molecule has 0 radical (unpaired) electrons. The molecule has 0 spiro atoms. The molecule has 0 aliphatic heterocycles. The van der Waals surface area contributed by atoms with Crippen LogP contribution in [0.4, 0.5) is 0 Å². The molecule has 0 heterocycles. The predicted molar refractivity (Wildman–Crippen MR) is 98.8 cm³/mol. The van der Waals surface area contributed by atoms with Crippen molar-refractivity contribution >= 4 is 13.2 Å². The number of likely N-dealkylation sites (N-methyl/N-ethyl adjacent to an activating group) is 1. The topological polar surface area (TPSA) is 3.24 Å². The molecule has 0 aromatic heterocycles. The van der Waals surface area contributed by atoms with Crippen LogP contribution in [-0.2, 0) is 0 Å². The van der Waals surface area contributed by atoms with Gasteiger partial charge in [0.15, 0.2) is 0 Å². The normalized spacial score (nSPS) is 19.9. The van der Waals surface area contributed by atoms with Crippen molar-refractivity contribution in [2.75, 3.05) is 14.1 Å². The molecule has 1 aromatic carbocycles. The van der Waals surface area contributed by atoms with Crippen LogP contribution in [0.25, 0.3) is 0 Å². The molecule has 114 valence electrons. The van der Waals surface area contributed by atoms with Crippen LogP contribution in [0.1, 0.15) is 19.8 Å². The van der Waals surface area contributed by atoms with E-state index < -0.39 is 0 Å². The third-order valence-corrected chi connectivity index (χ3v) is 7.15. The summed E-state index contributed by atoms with van der Waals surface area (Å²) >= 11 is 0. The van der Waals surface area contributed by atoms with Gasteiger partial charge in [-0.25, -0.2) is 0 Å². The molecule has 1 aromatic rings. The van der Waals surface area contributed by atoms with Gasteiger partial charge in [0.05, 0.1) is 0 Å². The Morgan fingerprint density at radius 2 is 1.82 bits per heavy atom. The van der Waals surface area contributed by atoms with Crippen molar-refractivity contribution in [3.8, 4) is 0 Å². The van der Waals surface area contributed by atoms with Gasteiger partial charge in [-0.3, -0.25) is 0 Å². The lowest BCUT2D eigenvalue weighted by Gasteiger charge is -2.27. The minimum Gasteiger partial charge on any atom is -0.303 e. The smallest absolute Gasteiger partial charge is 0.0285 e. The fourth-order valence-corrected chi connectivity index (χ4v) is 5.79. The highest BCUT2D eigenvalue weighted by atomic mass is 31.1. The second kappa shape index (κ2) is 6.77. The lowest BCUT2D eigenvalue weighted by Crippen LogP contribution is -2.26. The third-order valence-electron chi connectivity index (χ3n) is 4.52. The van der Waals surface area contributed by atoms with Gasteiger partial charge in [0.25, 0.3) is 0 Å². The number of nitrogens with zero attached hydrogens (tertiary/aromatic N) is 1. The predicted octanol–water partition coefficient (Wildman–Crippen LogP) is 4.80. The van der Waals surface area contributed by atoms with Crippen LogP contribution in [0.3, 0.4) is 0 Å². The minimum absolute atomic E-state index is 0.390. The summed E-state index contributed by atoms with van der Waals surface area (Å²) in [5, 5.41) is 4.61. The first-order valence-electron chi connectivity index (χ1n) is 7.95. The van der Waals surface area contributed by atoms with Crippen LogP contribution >= 0.6 is 7.92 Å². The molecule has 2 atom stereocenters. The number of rotatable bonds is 5. The number of benzene rings is 1. The van der Waals surface area contributed by atoms with Crippen molar-refractivity contribution in [2.24, 2.45) is 0 Å². The van der Waals surface area contributed by atoms with E-state index in [4.69, 9.17) is 0 Å². The lowest BCUT2D eigenvalue weighted by molar-refractivity contribution is 0.348. The standard InChI is InChI=1S/C20H24NP/c1-16(21(2)3)19-14-9-15-20(19)22(18-12-7-8-13-18)17-10-5-4-6-11-17/h4-12,15-16H,13-14H2,1-3H3/t16-,22?/m1/s1. The van der Waals surface area contributed by atoms with Crippen molar-refractivity contribution < 1.29 is 0 Å². The second-order valence-corrected chi connectivity index (χ2v) is 8.36. The van der Waals surface area contributed by atoms with Gasteiger partial charge < -0.3 is 4.90 Å². The summed E-state index contributed by atoms with van der Waals surface area (Å²) in [7, 11) is 3.96. The van der Waals surface area contributed by atoms with Crippen LogP contribution in [0.5, 0.6) is 0 Å². The third kappa shape index (κ3) is 3.02. The molecule has 3 rings (SSSR count). The Morgan fingerprint density at radius 3 is 2.45 bits per heavy atom. The van der Waals surface area contributed by atoms with Crippen molar-refractivity contribution in [2.45, 2.75) is 25.8 Å². The maximum absolute atomic E-state index is 2.38. The zero-order valence-electron chi connectivity index (χ0n) is 13.7. The van der Waals surface area contributed by atoms with Gasteiger partial charge in [-0.05, 0) is 63.3 Å². The summed E-state index contributed by atoms with van der Waals surface area (Å²) in [6.07, 6.45) is 13.7. The molecule has 22 heavy (non-hydrogen) atoms. The van der Waals surface area contributed by atoms with E-state index in [2.05, 4.69) is 86.6 Å². The van der Waals surface area contributed by atoms with E-state index in [-0.39, 0.29) is 7.92 Å². The molecule has 0 saturated heterocycles. The Bertz CT molecular complexity index is 650. The molecule has 0 saturated carbocycles. The van der Waals surface area contributed by atoms with Crippen LogP contribution in [-0.4, -0.2) is 25.0 Å². The molecule has 2 aliphatic rings. The average molecular weight is 309 g/mol. The number of hydrogen-bond acceptors (Lipinski definition) is 1. The molecule has 0 N–H and O–H groups in total. The highest BCUT2D eigenvalue weighted by Gasteiger charge is 2.27. The summed E-state index contributed by atoms with van der Waals surface area (Å²) in [6, 6.07) is 11.5. The molecule has 0 bridgehead atoms. The zero-order valence-corrected chi connectivity index (χ0v) is 14.6. The minimum atomic E-state index is -0.390. The van der Waals surface area contributed by atoms with Crippen LogP contribution < -0.4 is 5.30 Å². The van der Waals surface area contributed by atoms with Crippen molar-refractivity contribution in [1.82, 2.24) is 4.90 Å². The van der Waals surface area contributed by atoms with Crippen molar-refractivity contribution in [1.29, 1.82) is 0 Å². The molecule has 1 unspecified atom stereocenters. The van der Waals surface area contributed by atoms with Crippen molar-refractivity contribution in [3.63, 3.8) is 0 Å². The fraction of sp³-hybridized carbons (Fsp3) is 0.300. The Morgan fingerprint density at radius 1 is 1.05 bits per heavy atom. The monoisotopic (exact) mass is 309 g/mol. The fourth-order valence-electron chi connectivity index (χ4n) is 3.06. The first-order chi connectivity index (χ1) is 10.7.